The number of allylic oxidation sites excluding steroid dienone is 1. The summed E-state index contributed by atoms with van der Waals surface area (Å²) in [6.45, 7) is 4.28. The smallest absolute Gasteiger partial charge is 0.373 e. The van der Waals surface area contributed by atoms with Gasteiger partial charge in [-0.15, -0.1) is 16.8 Å². The molecule has 0 spiro atoms. The first-order valence-corrected chi connectivity index (χ1v) is 9.31. The van der Waals surface area contributed by atoms with Gasteiger partial charge in [-0.05, 0) is 24.3 Å². The fourth-order valence-corrected chi connectivity index (χ4v) is 3.21. The first-order chi connectivity index (χ1) is 13.6. The maximum Gasteiger partial charge on any atom is 0.373 e. The molecular weight excluding hydrogens is 385 g/mol. The molecule has 0 aliphatic carbocycles. The molecule has 1 aromatic carbocycles. The number of carbonyl (C=O) groups excluding carboxylic acids is 1. The molecule has 0 bridgehead atoms. The number of ether oxygens (including phenoxy) is 2. The van der Waals surface area contributed by atoms with Crippen molar-refractivity contribution in [2.45, 2.75) is 24.1 Å². The van der Waals surface area contributed by atoms with Gasteiger partial charge < -0.3 is 13.9 Å². The van der Waals surface area contributed by atoms with E-state index in [4.69, 9.17) is 9.15 Å². The zero-order chi connectivity index (χ0) is 19.9. The Labute approximate surface area is 165 Å². The van der Waals surface area contributed by atoms with Gasteiger partial charge in [-0.25, -0.2) is 9.18 Å². The van der Waals surface area contributed by atoms with E-state index in [1.807, 2.05) is 4.57 Å². The van der Waals surface area contributed by atoms with Crippen LogP contribution in [0, 0.1) is 5.82 Å². The van der Waals surface area contributed by atoms with E-state index in [0.717, 1.165) is 0 Å². The van der Waals surface area contributed by atoms with Gasteiger partial charge in [0.15, 0.2) is 22.5 Å². The summed E-state index contributed by atoms with van der Waals surface area (Å²) in [7, 11) is 1.29. The van der Waals surface area contributed by atoms with Crippen LogP contribution in [0.15, 0.2) is 58.6 Å². The van der Waals surface area contributed by atoms with Crippen LogP contribution in [-0.2, 0) is 23.6 Å². The number of thioether (sulfide) groups is 1. The SMILES string of the molecule is C=CCn1c(COc2ccccc2F)nnc1SCc1ccc(C(=O)OC)o1. The van der Waals surface area contributed by atoms with Crippen molar-refractivity contribution in [3.8, 4) is 5.75 Å². The van der Waals surface area contributed by atoms with E-state index in [1.165, 1.54) is 24.9 Å². The van der Waals surface area contributed by atoms with Crippen LogP contribution >= 0.6 is 11.8 Å². The number of benzene rings is 1. The lowest BCUT2D eigenvalue weighted by atomic mass is 10.3. The lowest BCUT2D eigenvalue weighted by Gasteiger charge is -2.09. The van der Waals surface area contributed by atoms with Crippen LogP contribution in [0.5, 0.6) is 5.75 Å². The number of methoxy groups -OCH3 is 1. The highest BCUT2D eigenvalue weighted by molar-refractivity contribution is 7.98. The second-order valence-electron chi connectivity index (χ2n) is 5.56. The highest BCUT2D eigenvalue weighted by atomic mass is 32.2. The number of hydrogen-bond acceptors (Lipinski definition) is 7. The Morgan fingerprint density at radius 3 is 2.89 bits per heavy atom. The molecule has 0 N–H and O–H groups in total. The summed E-state index contributed by atoms with van der Waals surface area (Å²) in [5.41, 5.74) is 0. The third-order valence-corrected chi connectivity index (χ3v) is 4.68. The van der Waals surface area contributed by atoms with E-state index in [-0.39, 0.29) is 18.1 Å². The Bertz CT molecular complexity index is 970. The normalized spacial score (nSPS) is 10.6. The van der Waals surface area contributed by atoms with E-state index in [2.05, 4.69) is 21.5 Å². The molecule has 0 aliphatic rings. The van der Waals surface area contributed by atoms with Crippen LogP contribution in [0.1, 0.15) is 22.1 Å². The highest BCUT2D eigenvalue weighted by Crippen LogP contribution is 2.24. The number of rotatable bonds is 9. The molecule has 28 heavy (non-hydrogen) atoms. The molecule has 0 amide bonds. The quantitative estimate of drug-likeness (QED) is 0.305. The highest BCUT2D eigenvalue weighted by Gasteiger charge is 2.15. The molecule has 146 valence electrons. The molecule has 2 heterocycles. The third-order valence-electron chi connectivity index (χ3n) is 3.69. The molecule has 3 aromatic rings. The van der Waals surface area contributed by atoms with Crippen molar-refractivity contribution in [1.82, 2.24) is 14.8 Å². The summed E-state index contributed by atoms with van der Waals surface area (Å²) in [6, 6.07) is 9.43. The number of hydrogen-bond donors (Lipinski definition) is 0. The van der Waals surface area contributed by atoms with Crippen LogP contribution in [0.25, 0.3) is 0 Å². The molecule has 2 aromatic heterocycles. The number of nitrogens with zero attached hydrogens (tertiary/aromatic N) is 3. The average molecular weight is 403 g/mol. The number of carbonyl (C=O) groups is 1. The molecule has 0 unspecified atom stereocenters. The molecule has 0 radical (unpaired) electrons. The molecule has 9 heteroatoms. The minimum absolute atomic E-state index is 0.0651. The molecule has 7 nitrogen and oxygen atoms in total. The predicted octanol–water partition coefficient (Wildman–Crippen LogP) is 3.85. The lowest BCUT2D eigenvalue weighted by molar-refractivity contribution is 0.0563. The van der Waals surface area contributed by atoms with Crippen LogP contribution < -0.4 is 4.74 Å². The van der Waals surface area contributed by atoms with Crippen molar-refractivity contribution >= 4 is 17.7 Å². The van der Waals surface area contributed by atoms with Gasteiger partial charge >= 0.3 is 5.97 Å². The number of furan rings is 1. The Morgan fingerprint density at radius 2 is 2.14 bits per heavy atom. The minimum atomic E-state index is -0.529. The Kier molecular flexibility index (Phi) is 6.49. The molecule has 0 atom stereocenters. The molecule has 0 fully saturated rings. The fraction of sp³-hybridized carbons (Fsp3) is 0.211. The fourth-order valence-electron chi connectivity index (χ4n) is 2.35. The van der Waals surface area contributed by atoms with Crippen LogP contribution in [0.3, 0.4) is 0 Å². The Morgan fingerprint density at radius 1 is 1.32 bits per heavy atom. The lowest BCUT2D eigenvalue weighted by Crippen LogP contribution is -2.08. The van der Waals surface area contributed by atoms with Crippen LogP contribution in [-0.4, -0.2) is 27.8 Å². The molecule has 0 aliphatic heterocycles. The molecule has 3 rings (SSSR count). The van der Waals surface area contributed by atoms with Gasteiger partial charge in [0.05, 0.1) is 12.9 Å². The minimum Gasteiger partial charge on any atom is -0.483 e. The van der Waals surface area contributed by atoms with E-state index >= 15 is 0 Å². The van der Waals surface area contributed by atoms with Crippen molar-refractivity contribution in [2.24, 2.45) is 0 Å². The average Bonchev–Trinajstić information content (AvgIpc) is 3.33. The molecular formula is C19H18FN3O4S. The maximum absolute atomic E-state index is 13.7. The van der Waals surface area contributed by atoms with Crippen molar-refractivity contribution in [2.75, 3.05) is 7.11 Å². The second-order valence-corrected chi connectivity index (χ2v) is 6.51. The number of halogens is 1. The van der Waals surface area contributed by atoms with Crippen molar-refractivity contribution < 1.29 is 23.1 Å². The summed E-state index contributed by atoms with van der Waals surface area (Å²) in [4.78, 5) is 11.5. The topological polar surface area (TPSA) is 79.4 Å². The first kappa shape index (κ1) is 19.7. The summed E-state index contributed by atoms with van der Waals surface area (Å²) < 4.78 is 31.1. The summed E-state index contributed by atoms with van der Waals surface area (Å²) in [6.07, 6.45) is 1.71. The van der Waals surface area contributed by atoms with Crippen LogP contribution in [0.4, 0.5) is 4.39 Å². The van der Waals surface area contributed by atoms with E-state index in [0.29, 0.717) is 29.0 Å². The van der Waals surface area contributed by atoms with Gasteiger partial charge in [0, 0.05) is 6.54 Å². The van der Waals surface area contributed by atoms with Gasteiger partial charge in [0.1, 0.15) is 12.4 Å². The summed E-state index contributed by atoms with van der Waals surface area (Å²) >= 11 is 1.38. The Balaban J connectivity index is 1.68. The van der Waals surface area contributed by atoms with Gasteiger partial charge in [0.25, 0.3) is 0 Å². The monoisotopic (exact) mass is 403 g/mol. The zero-order valence-corrected chi connectivity index (χ0v) is 15.9. The molecule has 0 saturated heterocycles. The Hall–Kier alpha value is -3.07. The van der Waals surface area contributed by atoms with E-state index in [1.54, 1.807) is 36.4 Å². The van der Waals surface area contributed by atoms with Crippen molar-refractivity contribution in [3.05, 3.63) is 72.2 Å². The number of esters is 1. The molecule has 0 saturated carbocycles. The number of para-hydroxylation sites is 1. The predicted molar refractivity (Wildman–Crippen MR) is 101 cm³/mol. The number of aromatic nitrogens is 3. The standard InChI is InChI=1S/C19H18FN3O4S/c1-3-10-23-17(11-26-15-7-5-4-6-14(15)20)21-22-19(23)28-12-13-8-9-16(27-13)18(24)25-2/h3-9H,1,10-12H2,2H3. The summed E-state index contributed by atoms with van der Waals surface area (Å²) in [5.74, 6) is 0.911. The van der Waals surface area contributed by atoms with Crippen LogP contribution in [0.2, 0.25) is 0 Å². The van der Waals surface area contributed by atoms with Gasteiger partial charge in [-0.1, -0.05) is 30.0 Å². The first-order valence-electron chi connectivity index (χ1n) is 8.32. The van der Waals surface area contributed by atoms with E-state index < -0.39 is 11.8 Å². The second kappa shape index (κ2) is 9.23. The van der Waals surface area contributed by atoms with Crippen molar-refractivity contribution in [1.29, 1.82) is 0 Å². The summed E-state index contributed by atoms with van der Waals surface area (Å²) in [5, 5.41) is 8.92. The van der Waals surface area contributed by atoms with Crippen molar-refractivity contribution in [3.63, 3.8) is 0 Å². The zero-order valence-electron chi connectivity index (χ0n) is 15.1. The third kappa shape index (κ3) is 4.61. The van der Waals surface area contributed by atoms with Gasteiger partial charge in [-0.3, -0.25) is 4.57 Å². The van der Waals surface area contributed by atoms with E-state index in [9.17, 15) is 9.18 Å². The van der Waals surface area contributed by atoms with Gasteiger partial charge in [0.2, 0.25) is 5.76 Å². The maximum atomic E-state index is 13.7. The largest absolute Gasteiger partial charge is 0.483 e. The van der Waals surface area contributed by atoms with Gasteiger partial charge in [-0.2, -0.15) is 0 Å².